The number of carbonyl (C=O) groups excluding carboxylic acids is 7. The van der Waals surface area contributed by atoms with Crippen LogP contribution in [0.1, 0.15) is 58.9 Å². The average molecular weight is 808 g/mol. The van der Waals surface area contributed by atoms with E-state index >= 15 is 0 Å². The number of carboxylic acid groups (broad SMARTS) is 3. The normalized spacial score (nSPS) is 16.7. The second-order valence-corrected chi connectivity index (χ2v) is 13.7. The molecule has 0 spiro atoms. The van der Waals surface area contributed by atoms with Crippen molar-refractivity contribution in [3.05, 3.63) is 29.8 Å². The number of benzene rings is 1. The number of carboxylic acids is 3. The van der Waals surface area contributed by atoms with Crippen molar-refractivity contribution in [3.63, 3.8) is 0 Å². The van der Waals surface area contributed by atoms with E-state index in [1.807, 2.05) is 5.32 Å². The Morgan fingerprint density at radius 3 is 1.74 bits per heavy atom. The van der Waals surface area contributed by atoms with Gasteiger partial charge in [-0.15, -0.1) is 0 Å². The molecular weight excluding hydrogens is 758 g/mol. The highest BCUT2D eigenvalue weighted by Crippen LogP contribution is 2.21. The SMILES string of the molecule is CC(=O)N[C@@H](CC(=O)O)C(=O)N[C@H](C(=O)N1CCC[C@H]1C(=O)N[C@@H](CC(=O)O)C(=O)N[C@@H](Cc1ccc(O)cc1)C(=O)N[C@@H](C)C(=O)N[C@@H](CO)C(=O)O)C(C)C. The number of nitrogens with one attached hydrogen (secondary N) is 6. The van der Waals surface area contributed by atoms with E-state index in [4.69, 9.17) is 5.11 Å². The van der Waals surface area contributed by atoms with Crippen molar-refractivity contribution in [3.8, 4) is 5.75 Å². The van der Waals surface area contributed by atoms with E-state index in [9.17, 15) is 68.4 Å². The van der Waals surface area contributed by atoms with E-state index in [0.29, 0.717) is 5.56 Å². The van der Waals surface area contributed by atoms with E-state index < -0.39 is 127 Å². The van der Waals surface area contributed by atoms with Crippen LogP contribution in [-0.2, 0) is 54.4 Å². The van der Waals surface area contributed by atoms with E-state index in [1.165, 1.54) is 31.2 Å². The number of amides is 7. The Hall–Kier alpha value is -6.32. The Bertz CT molecular complexity index is 1670. The molecule has 1 aromatic carbocycles. The van der Waals surface area contributed by atoms with Crippen molar-refractivity contribution in [1.82, 2.24) is 36.8 Å². The smallest absolute Gasteiger partial charge is 0.328 e. The molecular formula is C35H49N7O15. The molecule has 1 saturated heterocycles. The van der Waals surface area contributed by atoms with Crippen LogP contribution in [0.3, 0.4) is 0 Å². The Kier molecular flexibility index (Phi) is 17.8. The quantitative estimate of drug-likeness (QED) is 0.0576. The molecule has 0 unspecified atom stereocenters. The molecule has 1 fully saturated rings. The minimum Gasteiger partial charge on any atom is -0.508 e. The molecule has 22 heteroatoms. The van der Waals surface area contributed by atoms with Crippen LogP contribution in [-0.4, -0.2) is 145 Å². The lowest BCUT2D eigenvalue weighted by atomic mass is 10.0. The van der Waals surface area contributed by atoms with Crippen molar-refractivity contribution in [1.29, 1.82) is 0 Å². The van der Waals surface area contributed by atoms with Crippen molar-refractivity contribution < 1.29 is 73.5 Å². The zero-order valence-electron chi connectivity index (χ0n) is 31.6. The number of carbonyl (C=O) groups is 10. The highest BCUT2D eigenvalue weighted by atomic mass is 16.4. The Balaban J connectivity index is 2.31. The predicted molar refractivity (Wildman–Crippen MR) is 194 cm³/mol. The van der Waals surface area contributed by atoms with Crippen LogP contribution in [0.4, 0.5) is 0 Å². The molecule has 0 bridgehead atoms. The highest BCUT2D eigenvalue weighted by molar-refractivity contribution is 5.99. The number of aromatic hydroxyl groups is 1. The number of hydrogen-bond donors (Lipinski definition) is 11. The van der Waals surface area contributed by atoms with Gasteiger partial charge < -0.3 is 62.3 Å². The van der Waals surface area contributed by atoms with Gasteiger partial charge in [0.25, 0.3) is 0 Å². The largest absolute Gasteiger partial charge is 0.508 e. The molecule has 7 atom stereocenters. The molecule has 7 amide bonds. The molecule has 1 aromatic rings. The van der Waals surface area contributed by atoms with Gasteiger partial charge in [0.2, 0.25) is 41.4 Å². The molecule has 314 valence electrons. The summed E-state index contributed by atoms with van der Waals surface area (Å²) in [6, 6.07) is -5.11. The third-order valence-electron chi connectivity index (χ3n) is 8.71. The first-order valence-electron chi connectivity index (χ1n) is 17.8. The molecule has 1 aliphatic rings. The zero-order valence-corrected chi connectivity index (χ0v) is 31.6. The monoisotopic (exact) mass is 807 g/mol. The number of hydrogen-bond acceptors (Lipinski definition) is 12. The molecule has 22 nitrogen and oxygen atoms in total. The fourth-order valence-electron chi connectivity index (χ4n) is 5.74. The summed E-state index contributed by atoms with van der Waals surface area (Å²) < 4.78 is 0. The third kappa shape index (κ3) is 14.7. The predicted octanol–water partition coefficient (Wildman–Crippen LogP) is -3.44. The molecule has 0 aliphatic carbocycles. The second kappa shape index (κ2) is 21.7. The standard InChI is InChI=1S/C35H49N7O15/c1-16(2)28(41-32(53)22(13-26(46)47)37-18(4)44)34(55)42-11-5-6-25(42)33(54)39-23(14-27(48)49)31(52)38-21(12-19-7-9-20(45)10-8-19)30(51)36-17(3)29(50)40-24(15-43)35(56)57/h7-10,16-17,21-25,28,43,45H,5-6,11-15H2,1-4H3,(H,36,51)(H,37,44)(H,38,52)(H,39,54)(H,40,50)(H,41,53)(H,46,47)(H,48,49)(H,56,57)/t17-,21-,22-,23-,24-,25-,28-/m0/s1. The molecule has 0 radical (unpaired) electrons. The number of rotatable bonds is 21. The van der Waals surface area contributed by atoms with E-state index in [0.717, 1.165) is 11.8 Å². The van der Waals surface area contributed by atoms with Crippen LogP contribution in [0.25, 0.3) is 0 Å². The minimum atomic E-state index is -1.82. The molecule has 11 N–H and O–H groups in total. The number of aliphatic hydroxyl groups excluding tert-OH is 1. The number of likely N-dealkylation sites (tertiary alicyclic amines) is 1. The van der Waals surface area contributed by atoms with Gasteiger partial charge in [0, 0.05) is 19.9 Å². The summed E-state index contributed by atoms with van der Waals surface area (Å²) in [6.07, 6.45) is -1.69. The molecule has 57 heavy (non-hydrogen) atoms. The van der Waals surface area contributed by atoms with Crippen LogP contribution in [0, 0.1) is 5.92 Å². The minimum absolute atomic E-state index is 0.0161. The lowest BCUT2D eigenvalue weighted by Gasteiger charge is -2.32. The van der Waals surface area contributed by atoms with Gasteiger partial charge in [-0.3, -0.25) is 43.2 Å². The number of phenolic OH excluding ortho intramolecular Hbond substituents is 1. The fraction of sp³-hybridized carbons (Fsp3) is 0.543. The first-order valence-corrected chi connectivity index (χ1v) is 17.8. The maximum Gasteiger partial charge on any atom is 0.328 e. The van der Waals surface area contributed by atoms with Crippen LogP contribution >= 0.6 is 0 Å². The lowest BCUT2D eigenvalue weighted by Crippen LogP contribution is -2.60. The summed E-state index contributed by atoms with van der Waals surface area (Å²) >= 11 is 0. The molecule has 2 rings (SSSR count). The Morgan fingerprint density at radius 2 is 1.23 bits per heavy atom. The Labute approximate surface area is 326 Å². The number of aliphatic carboxylic acids is 3. The maximum absolute atomic E-state index is 13.8. The van der Waals surface area contributed by atoms with Crippen molar-refractivity contribution >= 4 is 59.3 Å². The highest BCUT2D eigenvalue weighted by Gasteiger charge is 2.41. The van der Waals surface area contributed by atoms with Gasteiger partial charge in [-0.05, 0) is 43.4 Å². The third-order valence-corrected chi connectivity index (χ3v) is 8.71. The summed E-state index contributed by atoms with van der Waals surface area (Å²) in [7, 11) is 0. The molecule has 1 heterocycles. The van der Waals surface area contributed by atoms with Gasteiger partial charge in [-0.25, -0.2) is 4.79 Å². The second-order valence-electron chi connectivity index (χ2n) is 13.7. The van der Waals surface area contributed by atoms with Crippen LogP contribution in [0.5, 0.6) is 5.75 Å². The number of nitrogens with zero attached hydrogens (tertiary/aromatic N) is 1. The first-order chi connectivity index (χ1) is 26.6. The molecule has 1 aliphatic heterocycles. The summed E-state index contributed by atoms with van der Waals surface area (Å²) in [5.41, 5.74) is 0.383. The molecule has 0 aromatic heterocycles. The van der Waals surface area contributed by atoms with E-state index in [1.54, 1.807) is 13.8 Å². The summed E-state index contributed by atoms with van der Waals surface area (Å²) in [4.78, 5) is 127. The van der Waals surface area contributed by atoms with Crippen LogP contribution in [0.2, 0.25) is 0 Å². The van der Waals surface area contributed by atoms with Gasteiger partial charge in [-0.1, -0.05) is 26.0 Å². The number of phenols is 1. The van der Waals surface area contributed by atoms with E-state index in [2.05, 4.69) is 26.6 Å². The average Bonchev–Trinajstić information content (AvgIpc) is 3.62. The van der Waals surface area contributed by atoms with Crippen LogP contribution in [0.15, 0.2) is 24.3 Å². The topological polar surface area (TPSA) is 347 Å². The van der Waals surface area contributed by atoms with Crippen molar-refractivity contribution in [2.75, 3.05) is 13.2 Å². The van der Waals surface area contributed by atoms with Crippen molar-refractivity contribution in [2.45, 2.75) is 102 Å². The van der Waals surface area contributed by atoms with Gasteiger partial charge in [-0.2, -0.15) is 0 Å². The van der Waals surface area contributed by atoms with Gasteiger partial charge in [0.05, 0.1) is 19.4 Å². The first kappa shape index (κ1) is 46.8. The lowest BCUT2D eigenvalue weighted by molar-refractivity contribution is -0.145. The van der Waals surface area contributed by atoms with E-state index in [-0.39, 0.29) is 31.6 Å². The molecule has 0 saturated carbocycles. The van der Waals surface area contributed by atoms with Gasteiger partial charge in [0.1, 0.15) is 48.0 Å². The number of aliphatic hydroxyl groups is 1. The zero-order chi connectivity index (χ0) is 43.1. The van der Waals surface area contributed by atoms with Gasteiger partial charge in [0.15, 0.2) is 0 Å². The van der Waals surface area contributed by atoms with Gasteiger partial charge >= 0.3 is 17.9 Å². The summed E-state index contributed by atoms with van der Waals surface area (Å²) in [5.74, 6) is -11.7. The van der Waals surface area contributed by atoms with Crippen LogP contribution < -0.4 is 31.9 Å². The summed E-state index contributed by atoms with van der Waals surface area (Å²) in [5, 5.41) is 60.6. The maximum atomic E-state index is 13.8. The fourth-order valence-corrected chi connectivity index (χ4v) is 5.74. The Morgan fingerprint density at radius 1 is 0.702 bits per heavy atom. The van der Waals surface area contributed by atoms with Crippen molar-refractivity contribution in [2.24, 2.45) is 5.92 Å². The summed E-state index contributed by atoms with van der Waals surface area (Å²) in [6.45, 7) is 4.48.